The van der Waals surface area contributed by atoms with Gasteiger partial charge in [-0.1, -0.05) is 24.6 Å². The average molecular weight is 336 g/mol. The molecule has 0 aromatic rings. The highest BCUT2D eigenvalue weighted by Gasteiger charge is 2.59. The third-order valence-corrected chi connectivity index (χ3v) is 6.64. The van der Waals surface area contributed by atoms with E-state index in [1.807, 2.05) is 0 Å². The minimum atomic E-state index is -0.362. The quantitative estimate of drug-likeness (QED) is 0.493. The van der Waals surface area contributed by atoms with E-state index in [1.165, 1.54) is 5.57 Å². The molecule has 24 heavy (non-hydrogen) atoms. The second-order valence-corrected chi connectivity index (χ2v) is 7.91. The summed E-state index contributed by atoms with van der Waals surface area (Å²) in [6.45, 7) is 4.18. The first-order valence-electron chi connectivity index (χ1n) is 9.10. The van der Waals surface area contributed by atoms with E-state index < -0.39 is 0 Å². The Morgan fingerprint density at radius 1 is 1.38 bits per heavy atom. The maximum absolute atomic E-state index is 12.1. The van der Waals surface area contributed by atoms with Crippen LogP contribution in [0.5, 0.6) is 0 Å². The molecule has 4 nitrogen and oxygen atoms in total. The highest BCUT2D eigenvalue weighted by atomic mass is 16.3. The molecule has 3 N–H and O–H groups in total. The molecule has 0 amide bonds. The predicted molar refractivity (Wildman–Crippen MR) is 94.4 cm³/mol. The Hall–Kier alpha value is -0.970. The van der Waals surface area contributed by atoms with Crippen LogP contribution in [0.3, 0.4) is 0 Å². The van der Waals surface area contributed by atoms with Crippen molar-refractivity contribution >= 4 is 6.29 Å². The van der Waals surface area contributed by atoms with Gasteiger partial charge < -0.3 is 20.1 Å². The summed E-state index contributed by atoms with van der Waals surface area (Å²) in [6.07, 6.45) is 9.95. The number of hydrogen-bond donors (Lipinski definition) is 3. The Labute approximate surface area is 145 Å². The van der Waals surface area contributed by atoms with E-state index in [4.69, 9.17) is 5.11 Å². The summed E-state index contributed by atoms with van der Waals surface area (Å²) in [7, 11) is 0. The molecule has 2 rings (SSSR count). The van der Waals surface area contributed by atoms with Gasteiger partial charge in [0.05, 0.1) is 13.2 Å². The van der Waals surface area contributed by atoms with E-state index in [1.54, 1.807) is 6.08 Å². The SMILES string of the molecule is CC1=CCC[C@H]2[C@@](C=O)(C1)C[C@@H](C)[C@]2(CO)CC/C(=C/CO)CO. The first-order chi connectivity index (χ1) is 11.5. The first kappa shape index (κ1) is 19.4. The van der Waals surface area contributed by atoms with Crippen molar-refractivity contribution in [1.82, 2.24) is 0 Å². The first-order valence-corrected chi connectivity index (χ1v) is 9.10. The number of allylic oxidation sites excluding steroid dienone is 2. The van der Waals surface area contributed by atoms with Gasteiger partial charge in [-0.15, -0.1) is 0 Å². The van der Waals surface area contributed by atoms with Crippen LogP contribution in [0.25, 0.3) is 0 Å². The molecule has 0 saturated heterocycles. The van der Waals surface area contributed by atoms with Crippen LogP contribution in [0.15, 0.2) is 23.3 Å². The number of aldehydes is 1. The molecule has 0 heterocycles. The van der Waals surface area contributed by atoms with Crippen molar-refractivity contribution in [2.75, 3.05) is 19.8 Å². The summed E-state index contributed by atoms with van der Waals surface area (Å²) in [5.41, 5.74) is 1.44. The van der Waals surface area contributed by atoms with Gasteiger partial charge in [0.2, 0.25) is 0 Å². The van der Waals surface area contributed by atoms with Gasteiger partial charge in [0.15, 0.2) is 0 Å². The Morgan fingerprint density at radius 3 is 2.71 bits per heavy atom. The topological polar surface area (TPSA) is 77.8 Å². The Kier molecular flexibility index (Phi) is 6.40. The third-order valence-electron chi connectivity index (χ3n) is 6.64. The van der Waals surface area contributed by atoms with Crippen LogP contribution in [-0.4, -0.2) is 41.4 Å². The largest absolute Gasteiger partial charge is 0.396 e. The van der Waals surface area contributed by atoms with E-state index in [2.05, 4.69) is 19.9 Å². The summed E-state index contributed by atoms with van der Waals surface area (Å²) in [4.78, 5) is 12.1. The number of fused-ring (bicyclic) bond motifs is 1. The van der Waals surface area contributed by atoms with E-state index in [0.717, 1.165) is 44.0 Å². The normalized spacial score (nSPS) is 36.9. The number of hydrogen-bond acceptors (Lipinski definition) is 4. The van der Waals surface area contributed by atoms with Gasteiger partial charge in [0.1, 0.15) is 6.29 Å². The lowest BCUT2D eigenvalue weighted by Gasteiger charge is -2.41. The lowest BCUT2D eigenvalue weighted by Crippen LogP contribution is -2.40. The van der Waals surface area contributed by atoms with Gasteiger partial charge in [0, 0.05) is 17.4 Å². The minimum Gasteiger partial charge on any atom is -0.396 e. The van der Waals surface area contributed by atoms with Crippen molar-refractivity contribution in [2.24, 2.45) is 22.7 Å². The molecule has 0 unspecified atom stereocenters. The van der Waals surface area contributed by atoms with Gasteiger partial charge in [-0.05, 0) is 62.9 Å². The molecule has 0 radical (unpaired) electrons. The number of aliphatic hydroxyl groups is 3. The predicted octanol–water partition coefficient (Wildman–Crippen LogP) is 2.63. The van der Waals surface area contributed by atoms with Gasteiger partial charge >= 0.3 is 0 Å². The molecular formula is C20H32O4. The maximum atomic E-state index is 12.1. The molecule has 0 aromatic carbocycles. The van der Waals surface area contributed by atoms with E-state index in [9.17, 15) is 15.0 Å². The second-order valence-electron chi connectivity index (χ2n) is 7.91. The molecule has 4 heteroatoms. The molecule has 0 bridgehead atoms. The number of rotatable bonds is 7. The minimum absolute atomic E-state index is 0.0688. The van der Waals surface area contributed by atoms with Crippen LogP contribution in [0.2, 0.25) is 0 Å². The van der Waals surface area contributed by atoms with Crippen LogP contribution in [0.1, 0.15) is 52.4 Å². The van der Waals surface area contributed by atoms with E-state index in [0.29, 0.717) is 6.42 Å². The molecule has 2 aliphatic carbocycles. The molecule has 0 aliphatic heterocycles. The standard InChI is InChI=1S/C20H32O4/c1-15-4-3-5-18-19(10-15,13-23)11-16(2)20(18,14-24)8-6-17(12-22)7-9-21/h4,7,13,16,18,21-22,24H,3,5-6,8-12,14H2,1-2H3/b17-7-/t16-,18+,19+,20-/m1/s1. The fraction of sp³-hybridized carbons (Fsp3) is 0.750. The van der Waals surface area contributed by atoms with Crippen molar-refractivity contribution in [3.05, 3.63) is 23.3 Å². The van der Waals surface area contributed by atoms with E-state index in [-0.39, 0.29) is 42.5 Å². The van der Waals surface area contributed by atoms with Crippen molar-refractivity contribution in [2.45, 2.75) is 52.4 Å². The Balaban J connectivity index is 2.31. The van der Waals surface area contributed by atoms with Crippen LogP contribution in [0, 0.1) is 22.7 Å². The van der Waals surface area contributed by atoms with Crippen LogP contribution in [0.4, 0.5) is 0 Å². The number of carbonyl (C=O) groups excluding carboxylic acids is 1. The van der Waals surface area contributed by atoms with E-state index >= 15 is 0 Å². The summed E-state index contributed by atoms with van der Waals surface area (Å²) >= 11 is 0. The highest BCUT2D eigenvalue weighted by Crippen LogP contribution is 2.63. The van der Waals surface area contributed by atoms with Crippen molar-refractivity contribution in [3.63, 3.8) is 0 Å². The molecule has 1 saturated carbocycles. The number of carbonyl (C=O) groups is 1. The maximum Gasteiger partial charge on any atom is 0.126 e. The monoisotopic (exact) mass is 336 g/mol. The Bertz CT molecular complexity index is 510. The molecule has 0 spiro atoms. The molecule has 0 aromatic heterocycles. The van der Waals surface area contributed by atoms with Crippen molar-refractivity contribution < 1.29 is 20.1 Å². The molecule has 1 fully saturated rings. The summed E-state index contributed by atoms with van der Waals surface area (Å²) in [5, 5.41) is 28.9. The van der Waals surface area contributed by atoms with Crippen molar-refractivity contribution in [1.29, 1.82) is 0 Å². The zero-order chi connectivity index (χ0) is 17.8. The van der Waals surface area contributed by atoms with Crippen LogP contribution in [-0.2, 0) is 4.79 Å². The summed E-state index contributed by atoms with van der Waals surface area (Å²) in [6, 6.07) is 0. The zero-order valence-corrected chi connectivity index (χ0v) is 15.0. The fourth-order valence-corrected chi connectivity index (χ4v) is 5.40. The summed E-state index contributed by atoms with van der Waals surface area (Å²) in [5.74, 6) is 0.433. The summed E-state index contributed by atoms with van der Waals surface area (Å²) < 4.78 is 0. The van der Waals surface area contributed by atoms with Crippen LogP contribution >= 0.6 is 0 Å². The molecule has 4 atom stereocenters. The zero-order valence-electron chi connectivity index (χ0n) is 15.0. The lowest BCUT2D eigenvalue weighted by molar-refractivity contribution is -0.120. The third kappa shape index (κ3) is 3.37. The van der Waals surface area contributed by atoms with Crippen LogP contribution < -0.4 is 0 Å². The van der Waals surface area contributed by atoms with Gasteiger partial charge in [0.25, 0.3) is 0 Å². The average Bonchev–Trinajstić information content (AvgIpc) is 2.69. The molecule has 2 aliphatic rings. The fourth-order valence-electron chi connectivity index (χ4n) is 5.40. The number of aliphatic hydroxyl groups excluding tert-OH is 3. The van der Waals surface area contributed by atoms with Gasteiger partial charge in [-0.25, -0.2) is 0 Å². The molecule has 136 valence electrons. The smallest absolute Gasteiger partial charge is 0.126 e. The van der Waals surface area contributed by atoms with Gasteiger partial charge in [-0.3, -0.25) is 0 Å². The lowest BCUT2D eigenvalue weighted by atomic mass is 9.63. The molecular weight excluding hydrogens is 304 g/mol. The second kappa shape index (κ2) is 7.94. The Morgan fingerprint density at radius 2 is 2.12 bits per heavy atom. The highest BCUT2D eigenvalue weighted by molar-refractivity contribution is 5.62. The van der Waals surface area contributed by atoms with Gasteiger partial charge in [-0.2, -0.15) is 0 Å². The van der Waals surface area contributed by atoms with Crippen molar-refractivity contribution in [3.8, 4) is 0 Å².